The summed E-state index contributed by atoms with van der Waals surface area (Å²) < 4.78 is 6.64. The first kappa shape index (κ1) is 20.3. The summed E-state index contributed by atoms with van der Waals surface area (Å²) in [6.45, 7) is 0.779. The molecule has 2 amide bonds. The molecule has 0 radical (unpaired) electrons. The Morgan fingerprint density at radius 2 is 2.10 bits per heavy atom. The van der Waals surface area contributed by atoms with Crippen LogP contribution in [-0.2, 0) is 11.3 Å². The number of nitrogens with one attached hydrogen (secondary N) is 2. The average Bonchev–Trinajstić information content (AvgIpc) is 3.22. The van der Waals surface area contributed by atoms with E-state index in [0.717, 1.165) is 5.03 Å². The third-order valence-electron chi connectivity index (χ3n) is 3.75. The van der Waals surface area contributed by atoms with E-state index < -0.39 is 0 Å². The smallest absolute Gasteiger partial charge is 0.277 e. The molecule has 0 spiro atoms. The van der Waals surface area contributed by atoms with E-state index in [2.05, 4.69) is 25.9 Å². The van der Waals surface area contributed by atoms with Crippen molar-refractivity contribution in [2.24, 2.45) is 0 Å². The number of carbonyl (C=O) groups is 2. The molecular weight excluding hydrogens is 392 g/mol. The van der Waals surface area contributed by atoms with E-state index in [0.29, 0.717) is 24.5 Å². The molecule has 2 heterocycles. The Balaban J connectivity index is 1.42. The van der Waals surface area contributed by atoms with E-state index in [-0.39, 0.29) is 23.3 Å². The summed E-state index contributed by atoms with van der Waals surface area (Å²) in [5.74, 6) is 0.447. The highest BCUT2D eigenvalue weighted by Crippen LogP contribution is 2.17. The van der Waals surface area contributed by atoms with E-state index in [1.165, 1.54) is 22.6 Å². The van der Waals surface area contributed by atoms with Crippen LogP contribution in [0.5, 0.6) is 5.75 Å². The lowest BCUT2D eigenvalue weighted by molar-refractivity contribution is -0.118. The van der Waals surface area contributed by atoms with Crippen molar-refractivity contribution in [3.05, 3.63) is 60.6 Å². The maximum absolute atomic E-state index is 12.3. The zero-order valence-corrected chi connectivity index (χ0v) is 16.6. The summed E-state index contributed by atoms with van der Waals surface area (Å²) in [6, 6.07) is 12.6. The molecule has 3 rings (SSSR count). The van der Waals surface area contributed by atoms with Crippen molar-refractivity contribution in [2.45, 2.75) is 11.6 Å². The normalized spacial score (nSPS) is 10.4. The fourth-order valence-electron chi connectivity index (χ4n) is 2.34. The van der Waals surface area contributed by atoms with Gasteiger partial charge in [0.25, 0.3) is 5.91 Å². The van der Waals surface area contributed by atoms with Gasteiger partial charge in [0.15, 0.2) is 5.69 Å². The van der Waals surface area contributed by atoms with Gasteiger partial charge in [0.2, 0.25) is 5.91 Å². The van der Waals surface area contributed by atoms with Crippen LogP contribution in [0.15, 0.2) is 59.9 Å². The van der Waals surface area contributed by atoms with Gasteiger partial charge in [-0.15, -0.1) is 5.10 Å². The Bertz CT molecular complexity index is 963. The number of hydrogen-bond acceptors (Lipinski definition) is 7. The topological polar surface area (TPSA) is 111 Å². The Morgan fingerprint density at radius 3 is 2.90 bits per heavy atom. The number of nitrogens with zero attached hydrogens (tertiary/aromatic N) is 4. The summed E-state index contributed by atoms with van der Waals surface area (Å²) in [6.07, 6.45) is 3.22. The third-order valence-corrected chi connectivity index (χ3v) is 4.69. The van der Waals surface area contributed by atoms with E-state index in [1.54, 1.807) is 37.6 Å². The van der Waals surface area contributed by atoms with Crippen LogP contribution in [0, 0.1) is 0 Å². The first-order valence-electron chi connectivity index (χ1n) is 8.80. The molecule has 3 aromatic rings. The fourth-order valence-corrected chi connectivity index (χ4v) is 3.03. The third kappa shape index (κ3) is 6.32. The predicted molar refractivity (Wildman–Crippen MR) is 109 cm³/mol. The zero-order chi connectivity index (χ0) is 20.5. The SMILES string of the molecule is COc1cccc(NC(=O)c2cn(CCNC(=O)CSc3ccccn3)nn2)c1. The molecule has 0 aliphatic rings. The molecular formula is C19H20N6O3S. The number of pyridine rings is 1. The summed E-state index contributed by atoms with van der Waals surface area (Å²) >= 11 is 1.37. The van der Waals surface area contributed by atoms with Crippen LogP contribution in [0.3, 0.4) is 0 Å². The number of rotatable bonds is 9. The molecule has 10 heteroatoms. The number of hydrogen-bond donors (Lipinski definition) is 2. The average molecular weight is 412 g/mol. The number of amides is 2. The zero-order valence-electron chi connectivity index (χ0n) is 15.7. The highest BCUT2D eigenvalue weighted by atomic mass is 32.2. The molecule has 2 N–H and O–H groups in total. The highest BCUT2D eigenvalue weighted by Gasteiger charge is 2.12. The second kappa shape index (κ2) is 10.2. The van der Waals surface area contributed by atoms with Crippen LogP contribution < -0.4 is 15.4 Å². The van der Waals surface area contributed by atoms with Gasteiger partial charge in [-0.3, -0.25) is 9.59 Å². The van der Waals surface area contributed by atoms with Gasteiger partial charge in [0, 0.05) is 24.5 Å². The standard InChI is InChI=1S/C19H20N6O3S/c1-28-15-6-4-5-14(11-15)22-19(27)16-12-25(24-23-16)10-9-20-17(26)13-29-18-7-2-3-8-21-18/h2-8,11-12H,9-10,13H2,1H3,(H,20,26)(H,22,27). The second-order valence-corrected chi connectivity index (χ2v) is 6.86. The first-order chi connectivity index (χ1) is 14.1. The Kier molecular flexibility index (Phi) is 7.17. The van der Waals surface area contributed by atoms with Crippen LogP contribution in [-0.4, -0.2) is 51.2 Å². The van der Waals surface area contributed by atoms with Crippen molar-refractivity contribution in [1.29, 1.82) is 0 Å². The van der Waals surface area contributed by atoms with Crippen molar-refractivity contribution in [2.75, 3.05) is 24.7 Å². The number of anilines is 1. The second-order valence-electron chi connectivity index (χ2n) is 5.86. The van der Waals surface area contributed by atoms with Gasteiger partial charge in [-0.2, -0.15) is 0 Å². The van der Waals surface area contributed by atoms with Gasteiger partial charge >= 0.3 is 0 Å². The van der Waals surface area contributed by atoms with Crippen molar-refractivity contribution < 1.29 is 14.3 Å². The Morgan fingerprint density at radius 1 is 1.21 bits per heavy atom. The number of benzene rings is 1. The minimum atomic E-state index is -0.375. The van der Waals surface area contributed by atoms with Gasteiger partial charge < -0.3 is 15.4 Å². The maximum Gasteiger partial charge on any atom is 0.277 e. The van der Waals surface area contributed by atoms with Gasteiger partial charge in [-0.05, 0) is 24.3 Å². The molecule has 0 bridgehead atoms. The van der Waals surface area contributed by atoms with Crippen LogP contribution in [0.1, 0.15) is 10.5 Å². The van der Waals surface area contributed by atoms with E-state index in [4.69, 9.17) is 4.74 Å². The highest BCUT2D eigenvalue weighted by molar-refractivity contribution is 7.99. The monoisotopic (exact) mass is 412 g/mol. The lowest BCUT2D eigenvalue weighted by Crippen LogP contribution is -2.28. The number of thioether (sulfide) groups is 1. The van der Waals surface area contributed by atoms with Crippen molar-refractivity contribution in [1.82, 2.24) is 25.3 Å². The molecule has 150 valence electrons. The largest absolute Gasteiger partial charge is 0.497 e. The summed E-state index contributed by atoms with van der Waals surface area (Å²) in [7, 11) is 1.56. The molecule has 9 nitrogen and oxygen atoms in total. The molecule has 1 aromatic carbocycles. The quantitative estimate of drug-likeness (QED) is 0.516. The summed E-state index contributed by atoms with van der Waals surface area (Å²) in [5, 5.41) is 14.1. The Labute approximate surface area is 171 Å². The molecule has 0 saturated carbocycles. The molecule has 2 aromatic heterocycles. The fraction of sp³-hybridized carbons (Fsp3) is 0.211. The molecule has 29 heavy (non-hydrogen) atoms. The molecule has 0 saturated heterocycles. The van der Waals surface area contributed by atoms with Gasteiger partial charge in [0.1, 0.15) is 5.75 Å². The van der Waals surface area contributed by atoms with Crippen LogP contribution in [0.2, 0.25) is 0 Å². The lowest BCUT2D eigenvalue weighted by Gasteiger charge is -2.05. The maximum atomic E-state index is 12.3. The molecule has 0 aliphatic heterocycles. The molecule has 0 aliphatic carbocycles. The number of ether oxygens (including phenoxy) is 1. The van der Waals surface area contributed by atoms with Crippen molar-refractivity contribution >= 4 is 29.3 Å². The molecule has 0 atom stereocenters. The van der Waals surface area contributed by atoms with E-state index in [1.807, 2.05) is 18.2 Å². The minimum Gasteiger partial charge on any atom is -0.497 e. The number of methoxy groups -OCH3 is 1. The minimum absolute atomic E-state index is 0.100. The molecule has 0 unspecified atom stereocenters. The first-order valence-corrected chi connectivity index (χ1v) is 9.78. The van der Waals surface area contributed by atoms with E-state index >= 15 is 0 Å². The summed E-state index contributed by atoms with van der Waals surface area (Å²) in [4.78, 5) is 28.3. The van der Waals surface area contributed by atoms with Crippen molar-refractivity contribution in [3.8, 4) is 5.75 Å². The number of carbonyl (C=O) groups excluding carboxylic acids is 2. The predicted octanol–water partition coefficient (Wildman–Crippen LogP) is 1.84. The van der Waals surface area contributed by atoms with Gasteiger partial charge in [-0.25, -0.2) is 9.67 Å². The molecule has 0 fully saturated rings. The van der Waals surface area contributed by atoms with Crippen molar-refractivity contribution in [3.63, 3.8) is 0 Å². The van der Waals surface area contributed by atoms with Crippen LogP contribution >= 0.6 is 11.8 Å². The Hall–Kier alpha value is -3.40. The van der Waals surface area contributed by atoms with Crippen LogP contribution in [0.4, 0.5) is 5.69 Å². The van der Waals surface area contributed by atoms with Crippen LogP contribution in [0.25, 0.3) is 0 Å². The lowest BCUT2D eigenvalue weighted by atomic mass is 10.3. The summed E-state index contributed by atoms with van der Waals surface area (Å²) in [5.41, 5.74) is 0.784. The number of aromatic nitrogens is 4. The van der Waals surface area contributed by atoms with Gasteiger partial charge in [-0.1, -0.05) is 29.1 Å². The van der Waals surface area contributed by atoms with Gasteiger partial charge in [0.05, 0.1) is 30.6 Å². The van der Waals surface area contributed by atoms with E-state index in [9.17, 15) is 9.59 Å².